The molecule has 1 aromatic carbocycles. The SMILES string of the molecule is CNc1cc(N2CCC(O)(CC(=O)O)CC2)c(F)cc1C(=N)N1CCC(=O)NC1=O. The Hall–Kier alpha value is -3.21. The monoisotopic (exact) mass is 421 g/mol. The number of hydrogen-bond donors (Lipinski definition) is 5. The molecule has 3 rings (SSSR count). The van der Waals surface area contributed by atoms with Crippen molar-refractivity contribution in [1.29, 1.82) is 5.41 Å². The van der Waals surface area contributed by atoms with Gasteiger partial charge in [-0.1, -0.05) is 0 Å². The summed E-state index contributed by atoms with van der Waals surface area (Å²) in [5.41, 5.74) is -0.465. The Morgan fingerprint density at radius 3 is 2.53 bits per heavy atom. The summed E-state index contributed by atoms with van der Waals surface area (Å²) >= 11 is 0. The zero-order valence-corrected chi connectivity index (χ0v) is 16.5. The maximum atomic E-state index is 14.9. The molecule has 2 aliphatic rings. The summed E-state index contributed by atoms with van der Waals surface area (Å²) in [6, 6.07) is 1.95. The Morgan fingerprint density at radius 1 is 1.30 bits per heavy atom. The minimum atomic E-state index is -1.31. The van der Waals surface area contributed by atoms with Gasteiger partial charge >= 0.3 is 12.0 Å². The fourth-order valence-corrected chi connectivity index (χ4v) is 3.75. The number of carbonyl (C=O) groups excluding carboxylic acids is 2. The smallest absolute Gasteiger partial charge is 0.329 e. The summed E-state index contributed by atoms with van der Waals surface area (Å²) in [4.78, 5) is 37.1. The molecule has 162 valence electrons. The molecule has 5 N–H and O–H groups in total. The molecular weight excluding hydrogens is 397 g/mol. The number of urea groups is 1. The highest BCUT2D eigenvalue weighted by Crippen LogP contribution is 2.33. The predicted molar refractivity (Wildman–Crippen MR) is 106 cm³/mol. The first-order valence-corrected chi connectivity index (χ1v) is 9.54. The lowest BCUT2D eigenvalue weighted by Crippen LogP contribution is -2.52. The van der Waals surface area contributed by atoms with Crippen LogP contribution in [0.2, 0.25) is 0 Å². The van der Waals surface area contributed by atoms with Crippen molar-refractivity contribution in [2.45, 2.75) is 31.3 Å². The summed E-state index contributed by atoms with van der Waals surface area (Å²) in [5, 5.41) is 32.7. The van der Waals surface area contributed by atoms with Gasteiger partial charge in [-0.25, -0.2) is 9.18 Å². The number of anilines is 2. The Balaban J connectivity index is 1.81. The summed E-state index contributed by atoms with van der Waals surface area (Å²) < 4.78 is 14.9. The van der Waals surface area contributed by atoms with Gasteiger partial charge in [0.25, 0.3) is 0 Å². The van der Waals surface area contributed by atoms with E-state index in [9.17, 15) is 23.9 Å². The second-order valence-corrected chi connectivity index (χ2v) is 7.48. The molecule has 11 heteroatoms. The molecule has 2 saturated heterocycles. The van der Waals surface area contributed by atoms with Gasteiger partial charge in [0, 0.05) is 44.4 Å². The van der Waals surface area contributed by atoms with E-state index in [1.54, 1.807) is 11.9 Å². The van der Waals surface area contributed by atoms with E-state index in [1.807, 2.05) is 0 Å². The molecule has 3 amide bonds. The first-order valence-electron chi connectivity index (χ1n) is 9.54. The third-order valence-electron chi connectivity index (χ3n) is 5.45. The Bertz CT molecular complexity index is 898. The number of aliphatic carboxylic acids is 1. The van der Waals surface area contributed by atoms with Crippen molar-refractivity contribution in [3.8, 4) is 0 Å². The zero-order valence-electron chi connectivity index (χ0n) is 16.5. The first-order chi connectivity index (χ1) is 14.1. The molecule has 2 heterocycles. The number of hydrogen-bond acceptors (Lipinski definition) is 7. The van der Waals surface area contributed by atoms with Crippen LogP contribution >= 0.6 is 0 Å². The third-order valence-corrected chi connectivity index (χ3v) is 5.45. The summed E-state index contributed by atoms with van der Waals surface area (Å²) in [7, 11) is 1.61. The van der Waals surface area contributed by atoms with Crippen LogP contribution in [0.3, 0.4) is 0 Å². The molecule has 0 aliphatic carbocycles. The lowest BCUT2D eigenvalue weighted by atomic mass is 9.88. The van der Waals surface area contributed by atoms with Gasteiger partial charge in [0.1, 0.15) is 11.7 Å². The molecular formula is C19H24FN5O5. The van der Waals surface area contributed by atoms with Crippen LogP contribution in [0.25, 0.3) is 0 Å². The number of nitrogens with one attached hydrogen (secondary N) is 3. The fourth-order valence-electron chi connectivity index (χ4n) is 3.75. The zero-order chi connectivity index (χ0) is 22.1. The van der Waals surface area contributed by atoms with Crippen LogP contribution < -0.4 is 15.5 Å². The third kappa shape index (κ3) is 4.35. The van der Waals surface area contributed by atoms with Crippen molar-refractivity contribution in [1.82, 2.24) is 10.2 Å². The fraction of sp³-hybridized carbons (Fsp3) is 0.474. The van der Waals surface area contributed by atoms with Gasteiger partial charge in [-0.3, -0.25) is 25.2 Å². The lowest BCUT2D eigenvalue weighted by molar-refractivity contribution is -0.143. The van der Waals surface area contributed by atoms with E-state index >= 15 is 0 Å². The average molecular weight is 421 g/mol. The van der Waals surface area contributed by atoms with Crippen molar-refractivity contribution < 1.29 is 29.0 Å². The number of imide groups is 1. The molecule has 0 atom stereocenters. The maximum absolute atomic E-state index is 14.9. The average Bonchev–Trinajstić information content (AvgIpc) is 2.67. The van der Waals surface area contributed by atoms with Crippen molar-refractivity contribution >= 4 is 35.1 Å². The first kappa shape index (κ1) is 21.5. The minimum absolute atomic E-state index is 0.0321. The van der Waals surface area contributed by atoms with Crippen molar-refractivity contribution in [3.63, 3.8) is 0 Å². The largest absolute Gasteiger partial charge is 0.481 e. The van der Waals surface area contributed by atoms with Crippen LogP contribution in [-0.2, 0) is 9.59 Å². The highest BCUT2D eigenvalue weighted by atomic mass is 19.1. The van der Waals surface area contributed by atoms with Gasteiger partial charge in [0.2, 0.25) is 5.91 Å². The van der Waals surface area contributed by atoms with E-state index in [-0.39, 0.29) is 62.4 Å². The molecule has 30 heavy (non-hydrogen) atoms. The molecule has 0 aromatic heterocycles. The van der Waals surface area contributed by atoms with E-state index in [1.165, 1.54) is 6.07 Å². The lowest BCUT2D eigenvalue weighted by Gasteiger charge is -2.39. The molecule has 0 unspecified atom stereocenters. The number of carboxylic acid groups (broad SMARTS) is 1. The normalized spacial score (nSPS) is 18.8. The molecule has 1 aromatic rings. The second-order valence-electron chi connectivity index (χ2n) is 7.48. The van der Waals surface area contributed by atoms with Crippen molar-refractivity contribution in [3.05, 3.63) is 23.5 Å². The van der Waals surface area contributed by atoms with Crippen molar-refractivity contribution in [2.24, 2.45) is 0 Å². The number of rotatable bonds is 5. The number of piperidine rings is 1. The topological polar surface area (TPSA) is 146 Å². The molecule has 10 nitrogen and oxygen atoms in total. The highest BCUT2D eigenvalue weighted by molar-refractivity contribution is 6.13. The van der Waals surface area contributed by atoms with Gasteiger partial charge < -0.3 is 20.4 Å². The van der Waals surface area contributed by atoms with Crippen LogP contribution in [0.15, 0.2) is 12.1 Å². The Labute approximate surface area is 172 Å². The summed E-state index contributed by atoms with van der Waals surface area (Å²) in [6.07, 6.45) is 0.0680. The Kier molecular flexibility index (Phi) is 5.92. The molecule has 0 spiro atoms. The van der Waals surface area contributed by atoms with Gasteiger partial charge in [-0.2, -0.15) is 0 Å². The Morgan fingerprint density at radius 2 is 1.97 bits per heavy atom. The van der Waals surface area contributed by atoms with Gasteiger partial charge in [-0.15, -0.1) is 0 Å². The van der Waals surface area contributed by atoms with E-state index in [4.69, 9.17) is 10.5 Å². The molecule has 0 radical (unpaired) electrons. The number of amidine groups is 1. The minimum Gasteiger partial charge on any atom is -0.481 e. The van der Waals surface area contributed by atoms with E-state index < -0.39 is 29.3 Å². The number of aliphatic hydroxyl groups is 1. The van der Waals surface area contributed by atoms with Crippen LogP contribution in [0, 0.1) is 11.2 Å². The molecule has 0 bridgehead atoms. The summed E-state index contributed by atoms with van der Waals surface area (Å²) in [6.45, 7) is 0.582. The van der Waals surface area contributed by atoms with Crippen molar-refractivity contribution in [2.75, 3.05) is 36.9 Å². The van der Waals surface area contributed by atoms with Gasteiger partial charge in [0.15, 0.2) is 0 Å². The van der Waals surface area contributed by atoms with Crippen LogP contribution in [0.1, 0.15) is 31.2 Å². The predicted octanol–water partition coefficient (Wildman–Crippen LogP) is 0.941. The number of carbonyl (C=O) groups is 3. The van der Waals surface area contributed by atoms with E-state index in [2.05, 4.69) is 10.6 Å². The van der Waals surface area contributed by atoms with Crippen LogP contribution in [0.5, 0.6) is 0 Å². The number of benzene rings is 1. The van der Waals surface area contributed by atoms with Crippen LogP contribution in [0.4, 0.5) is 20.6 Å². The van der Waals surface area contributed by atoms with Gasteiger partial charge in [-0.05, 0) is 25.0 Å². The number of nitrogens with zero attached hydrogens (tertiary/aromatic N) is 2. The number of halogens is 1. The van der Waals surface area contributed by atoms with Gasteiger partial charge in [0.05, 0.1) is 17.7 Å². The molecule has 2 aliphatic heterocycles. The van der Waals surface area contributed by atoms with E-state index in [0.717, 1.165) is 11.0 Å². The maximum Gasteiger partial charge on any atom is 0.329 e. The van der Waals surface area contributed by atoms with Crippen LogP contribution in [-0.4, -0.2) is 71.1 Å². The number of amides is 3. The molecule has 2 fully saturated rings. The number of carboxylic acids is 1. The quantitative estimate of drug-likeness (QED) is 0.351. The summed E-state index contributed by atoms with van der Waals surface area (Å²) in [5.74, 6) is -2.34. The molecule has 0 saturated carbocycles. The standard InChI is InChI=1S/C19H24FN5O5/c1-22-13-9-14(24-6-3-19(30,4-7-24)10-16(27)28)12(20)8-11(13)17(21)25-5-2-15(26)23-18(25)29/h8-9,21-22,30H,2-7,10H2,1H3,(H,27,28)(H,23,26,29). The van der Waals surface area contributed by atoms with E-state index in [0.29, 0.717) is 5.69 Å². The highest BCUT2D eigenvalue weighted by Gasteiger charge is 2.35. The second kappa shape index (κ2) is 8.27.